The van der Waals surface area contributed by atoms with Gasteiger partial charge in [0.2, 0.25) is 0 Å². The topological polar surface area (TPSA) is 44.9 Å². The standard InChI is InChI=1S/C28H34N4.ClH/c1-22-8-6-7-11-27(22)28-16-24(12-13-25(28)17-29)19-32(20-26-18-30-21-31(26)2)15-14-23-9-4-3-5-10-23;/h6-8,11-13,16,18,21,23H,3-5,9-10,14-15,19-20H2,1-2H3;1H. The van der Waals surface area contributed by atoms with Crippen LogP contribution in [0.3, 0.4) is 0 Å². The molecule has 4 nitrogen and oxygen atoms in total. The highest BCUT2D eigenvalue weighted by atomic mass is 35.5. The second-order valence-corrected chi connectivity index (χ2v) is 9.31. The Morgan fingerprint density at radius 3 is 2.55 bits per heavy atom. The van der Waals surface area contributed by atoms with Gasteiger partial charge >= 0.3 is 0 Å². The van der Waals surface area contributed by atoms with Gasteiger partial charge in [-0.05, 0) is 54.6 Å². The molecule has 1 aliphatic carbocycles. The molecule has 1 fully saturated rings. The third kappa shape index (κ3) is 6.47. The number of aromatic nitrogens is 2. The van der Waals surface area contributed by atoms with Crippen LogP contribution in [0.1, 0.15) is 60.9 Å². The van der Waals surface area contributed by atoms with Crippen LogP contribution >= 0.6 is 12.4 Å². The van der Waals surface area contributed by atoms with Gasteiger partial charge in [-0.15, -0.1) is 12.4 Å². The zero-order valence-electron chi connectivity index (χ0n) is 19.8. The lowest BCUT2D eigenvalue weighted by atomic mass is 9.87. The smallest absolute Gasteiger partial charge is 0.0998 e. The highest BCUT2D eigenvalue weighted by Crippen LogP contribution is 2.29. The first-order chi connectivity index (χ1) is 15.6. The quantitative estimate of drug-likeness (QED) is 0.376. The average molecular weight is 463 g/mol. The van der Waals surface area contributed by atoms with E-state index in [1.807, 2.05) is 18.6 Å². The van der Waals surface area contributed by atoms with Crippen LogP contribution < -0.4 is 0 Å². The van der Waals surface area contributed by atoms with Crippen LogP contribution in [0.5, 0.6) is 0 Å². The van der Waals surface area contributed by atoms with Crippen molar-refractivity contribution in [2.75, 3.05) is 6.54 Å². The number of benzene rings is 2. The van der Waals surface area contributed by atoms with Crippen molar-refractivity contribution < 1.29 is 0 Å². The van der Waals surface area contributed by atoms with E-state index < -0.39 is 0 Å². The van der Waals surface area contributed by atoms with Gasteiger partial charge in [-0.1, -0.05) is 62.4 Å². The molecule has 2 aromatic carbocycles. The molecule has 0 amide bonds. The normalized spacial score (nSPS) is 14.1. The van der Waals surface area contributed by atoms with Crippen molar-refractivity contribution in [3.05, 3.63) is 77.4 Å². The van der Waals surface area contributed by atoms with Gasteiger partial charge in [-0.3, -0.25) is 4.90 Å². The van der Waals surface area contributed by atoms with Crippen LogP contribution in [0.4, 0.5) is 0 Å². The maximum Gasteiger partial charge on any atom is 0.0998 e. The van der Waals surface area contributed by atoms with E-state index >= 15 is 0 Å². The molecule has 0 saturated heterocycles. The molecule has 0 radical (unpaired) electrons. The minimum atomic E-state index is 0. The van der Waals surface area contributed by atoms with Gasteiger partial charge in [-0.25, -0.2) is 4.98 Å². The van der Waals surface area contributed by atoms with Gasteiger partial charge < -0.3 is 4.57 Å². The van der Waals surface area contributed by atoms with Gasteiger partial charge in [0.05, 0.1) is 23.7 Å². The lowest BCUT2D eigenvalue weighted by Gasteiger charge is -2.27. The summed E-state index contributed by atoms with van der Waals surface area (Å²) in [6.45, 7) is 4.98. The summed E-state index contributed by atoms with van der Waals surface area (Å²) in [6, 6.07) is 17.0. The van der Waals surface area contributed by atoms with Crippen molar-refractivity contribution in [1.29, 1.82) is 5.26 Å². The molecule has 4 rings (SSSR count). The lowest BCUT2D eigenvalue weighted by Crippen LogP contribution is -2.27. The van der Waals surface area contributed by atoms with Crippen molar-refractivity contribution in [2.45, 2.75) is 58.5 Å². The molecule has 33 heavy (non-hydrogen) atoms. The predicted octanol–water partition coefficient (Wildman–Crippen LogP) is 6.66. The van der Waals surface area contributed by atoms with Gasteiger partial charge in [0, 0.05) is 31.9 Å². The van der Waals surface area contributed by atoms with Crippen LogP contribution in [0.25, 0.3) is 11.1 Å². The summed E-state index contributed by atoms with van der Waals surface area (Å²) >= 11 is 0. The summed E-state index contributed by atoms with van der Waals surface area (Å²) in [7, 11) is 2.07. The summed E-state index contributed by atoms with van der Waals surface area (Å²) in [5, 5.41) is 9.70. The van der Waals surface area contributed by atoms with Crippen molar-refractivity contribution in [3.63, 3.8) is 0 Å². The first kappa shape index (κ1) is 25.0. The first-order valence-electron chi connectivity index (χ1n) is 11.9. The van der Waals surface area contributed by atoms with Crippen molar-refractivity contribution in [1.82, 2.24) is 14.5 Å². The van der Waals surface area contributed by atoms with E-state index in [1.165, 1.54) is 55.3 Å². The summed E-state index contributed by atoms with van der Waals surface area (Å²) < 4.78 is 2.12. The molecular formula is C28H35ClN4. The summed E-state index contributed by atoms with van der Waals surface area (Å²) in [4.78, 5) is 6.87. The second-order valence-electron chi connectivity index (χ2n) is 9.31. The number of hydrogen-bond donors (Lipinski definition) is 0. The van der Waals surface area contributed by atoms with Crippen molar-refractivity contribution in [3.8, 4) is 17.2 Å². The third-order valence-corrected chi connectivity index (χ3v) is 6.93. The number of imidazole rings is 1. The minimum Gasteiger partial charge on any atom is -0.337 e. The molecule has 1 heterocycles. The molecule has 0 aliphatic heterocycles. The Kier molecular flexibility index (Phi) is 9.11. The van der Waals surface area contributed by atoms with E-state index in [1.54, 1.807) is 0 Å². The maximum atomic E-state index is 9.70. The van der Waals surface area contributed by atoms with Crippen LogP contribution in [-0.2, 0) is 20.1 Å². The highest BCUT2D eigenvalue weighted by molar-refractivity contribution is 5.85. The second kappa shape index (κ2) is 12.0. The Morgan fingerprint density at radius 1 is 1.06 bits per heavy atom. The molecular weight excluding hydrogens is 428 g/mol. The van der Waals surface area contributed by atoms with Crippen LogP contribution in [0, 0.1) is 24.2 Å². The SMILES string of the molecule is Cc1ccccc1-c1cc(CN(CCC2CCCCC2)Cc2cncn2C)ccc1C#N.Cl. The molecule has 0 N–H and O–H groups in total. The fourth-order valence-corrected chi connectivity index (χ4v) is 4.96. The largest absolute Gasteiger partial charge is 0.337 e. The Bertz CT molecular complexity index is 1080. The Balaban J connectivity index is 0.00000306. The van der Waals surface area contributed by atoms with E-state index in [-0.39, 0.29) is 12.4 Å². The molecule has 1 aromatic heterocycles. The molecule has 3 aromatic rings. The molecule has 1 saturated carbocycles. The number of rotatable bonds is 8. The zero-order chi connectivity index (χ0) is 22.3. The average Bonchev–Trinajstić information content (AvgIpc) is 3.22. The molecule has 0 spiro atoms. The van der Waals surface area contributed by atoms with Gasteiger partial charge in [0.15, 0.2) is 0 Å². The Labute approximate surface area is 204 Å². The van der Waals surface area contributed by atoms with Crippen molar-refractivity contribution >= 4 is 12.4 Å². The van der Waals surface area contributed by atoms with E-state index in [2.05, 4.69) is 70.9 Å². The van der Waals surface area contributed by atoms with Gasteiger partial charge in [-0.2, -0.15) is 5.26 Å². The van der Waals surface area contributed by atoms with Crippen LogP contribution in [0.15, 0.2) is 55.0 Å². The predicted molar refractivity (Wildman–Crippen MR) is 137 cm³/mol. The number of nitriles is 1. The fourth-order valence-electron chi connectivity index (χ4n) is 4.96. The van der Waals surface area contributed by atoms with E-state index in [0.29, 0.717) is 0 Å². The van der Waals surface area contributed by atoms with Crippen LogP contribution in [-0.4, -0.2) is 21.0 Å². The van der Waals surface area contributed by atoms with E-state index in [0.717, 1.165) is 42.2 Å². The summed E-state index contributed by atoms with van der Waals surface area (Å²) in [5.74, 6) is 0.862. The summed E-state index contributed by atoms with van der Waals surface area (Å²) in [5.41, 5.74) is 6.62. The Morgan fingerprint density at radius 2 is 1.85 bits per heavy atom. The van der Waals surface area contributed by atoms with E-state index in [4.69, 9.17) is 0 Å². The molecule has 174 valence electrons. The maximum absolute atomic E-state index is 9.70. The third-order valence-electron chi connectivity index (χ3n) is 6.93. The Hall–Kier alpha value is -2.61. The van der Waals surface area contributed by atoms with Gasteiger partial charge in [0.1, 0.15) is 0 Å². The molecule has 5 heteroatoms. The molecule has 0 bridgehead atoms. The zero-order valence-corrected chi connectivity index (χ0v) is 20.7. The number of aryl methyl sites for hydroxylation is 2. The minimum absolute atomic E-state index is 0. The van der Waals surface area contributed by atoms with Crippen molar-refractivity contribution in [2.24, 2.45) is 13.0 Å². The number of hydrogen-bond acceptors (Lipinski definition) is 3. The summed E-state index contributed by atoms with van der Waals surface area (Å²) in [6.07, 6.45) is 12.1. The van der Waals surface area contributed by atoms with Crippen LogP contribution in [0.2, 0.25) is 0 Å². The number of halogens is 1. The molecule has 0 atom stereocenters. The van der Waals surface area contributed by atoms with Gasteiger partial charge in [0.25, 0.3) is 0 Å². The first-order valence-corrected chi connectivity index (χ1v) is 11.9. The van der Waals surface area contributed by atoms with E-state index in [9.17, 15) is 5.26 Å². The molecule has 0 unspecified atom stereocenters. The monoisotopic (exact) mass is 462 g/mol. The highest BCUT2D eigenvalue weighted by Gasteiger charge is 2.17. The fraction of sp³-hybridized carbons (Fsp3) is 0.429. The number of nitrogens with zero attached hydrogens (tertiary/aromatic N) is 4. The lowest BCUT2D eigenvalue weighted by molar-refractivity contribution is 0.214. The molecule has 1 aliphatic rings.